The van der Waals surface area contributed by atoms with Gasteiger partial charge in [-0.2, -0.15) is 0 Å². The molecule has 1 rings (SSSR count). The van der Waals surface area contributed by atoms with Crippen LogP contribution in [0.3, 0.4) is 0 Å². The molecule has 0 fully saturated rings. The van der Waals surface area contributed by atoms with E-state index in [1.54, 1.807) is 0 Å². The first kappa shape index (κ1) is 25.0. The van der Waals surface area contributed by atoms with Gasteiger partial charge in [0, 0.05) is 6.61 Å². The Balaban J connectivity index is 2.90. The lowest BCUT2D eigenvalue weighted by Gasteiger charge is -2.42. The SMILES string of the molecule is CCC[Si](C)(O[Si](C)(C)O[Si](C)(C)O[Si](C)(C)COCC)c1ccccc1. The quantitative estimate of drug-likeness (QED) is 0.420. The summed E-state index contributed by atoms with van der Waals surface area (Å²) in [5, 5.41) is 1.35. The molecule has 0 aliphatic carbocycles. The van der Waals surface area contributed by atoms with Gasteiger partial charge in [-0.15, -0.1) is 0 Å². The number of benzene rings is 1. The zero-order valence-electron chi connectivity index (χ0n) is 18.8. The van der Waals surface area contributed by atoms with Gasteiger partial charge < -0.3 is 17.1 Å². The molecule has 0 saturated carbocycles. The predicted molar refractivity (Wildman–Crippen MR) is 125 cm³/mol. The van der Waals surface area contributed by atoms with Crippen molar-refractivity contribution in [1.29, 1.82) is 0 Å². The molecule has 0 N–H and O–H groups in total. The van der Waals surface area contributed by atoms with Crippen molar-refractivity contribution in [3.63, 3.8) is 0 Å². The maximum Gasteiger partial charge on any atom is 0.312 e. The molecule has 27 heavy (non-hydrogen) atoms. The van der Waals surface area contributed by atoms with E-state index in [0.717, 1.165) is 19.1 Å². The first-order chi connectivity index (χ1) is 12.3. The molecule has 156 valence electrons. The van der Waals surface area contributed by atoms with Crippen LogP contribution in [0.4, 0.5) is 0 Å². The summed E-state index contributed by atoms with van der Waals surface area (Å²) < 4.78 is 25.7. The minimum atomic E-state index is -2.35. The molecule has 0 amide bonds. The third-order valence-corrected chi connectivity index (χ3v) is 20.0. The van der Waals surface area contributed by atoms with Gasteiger partial charge in [-0.1, -0.05) is 43.7 Å². The molecule has 1 unspecified atom stereocenters. The molecule has 0 aromatic heterocycles. The Morgan fingerprint density at radius 1 is 0.741 bits per heavy atom. The van der Waals surface area contributed by atoms with Crippen molar-refractivity contribution in [2.75, 3.05) is 12.8 Å². The Labute approximate surface area is 171 Å². The van der Waals surface area contributed by atoms with Crippen molar-refractivity contribution in [3.8, 4) is 0 Å². The van der Waals surface area contributed by atoms with E-state index >= 15 is 0 Å². The van der Waals surface area contributed by atoms with Crippen molar-refractivity contribution in [2.45, 2.75) is 72.1 Å². The van der Waals surface area contributed by atoms with Crippen LogP contribution in [-0.4, -0.2) is 46.6 Å². The van der Waals surface area contributed by atoms with Gasteiger partial charge in [0.2, 0.25) is 16.6 Å². The van der Waals surface area contributed by atoms with E-state index in [2.05, 4.69) is 83.1 Å². The topological polar surface area (TPSA) is 36.9 Å². The van der Waals surface area contributed by atoms with Gasteiger partial charge in [0.25, 0.3) is 0 Å². The minimum absolute atomic E-state index is 0.707. The maximum atomic E-state index is 6.88. The summed E-state index contributed by atoms with van der Waals surface area (Å²) in [7, 11) is -8.61. The summed E-state index contributed by atoms with van der Waals surface area (Å²) in [6.45, 7) is 20.4. The van der Waals surface area contributed by atoms with Crippen LogP contribution in [0.5, 0.6) is 0 Å². The highest BCUT2D eigenvalue weighted by molar-refractivity contribution is 6.94. The Hall–Kier alpha value is -0.0725. The van der Waals surface area contributed by atoms with Crippen molar-refractivity contribution >= 4 is 38.9 Å². The lowest BCUT2D eigenvalue weighted by Crippen LogP contribution is -2.60. The van der Waals surface area contributed by atoms with Gasteiger partial charge in [0.1, 0.15) is 0 Å². The van der Waals surface area contributed by atoms with Crippen molar-refractivity contribution in [2.24, 2.45) is 0 Å². The van der Waals surface area contributed by atoms with Crippen LogP contribution < -0.4 is 5.19 Å². The molecule has 0 aliphatic heterocycles. The maximum absolute atomic E-state index is 6.88. The second-order valence-corrected chi connectivity index (χ2v) is 24.2. The van der Waals surface area contributed by atoms with E-state index in [0.29, 0.717) is 6.23 Å². The largest absolute Gasteiger partial charge is 0.435 e. The van der Waals surface area contributed by atoms with Gasteiger partial charge in [-0.3, -0.25) is 0 Å². The summed E-state index contributed by atoms with van der Waals surface area (Å²) in [5.41, 5.74) is 0. The van der Waals surface area contributed by atoms with Crippen molar-refractivity contribution in [3.05, 3.63) is 30.3 Å². The fourth-order valence-corrected chi connectivity index (χ4v) is 23.2. The Morgan fingerprint density at radius 3 is 1.81 bits per heavy atom. The summed E-state index contributed by atoms with van der Waals surface area (Å²) in [6.07, 6.45) is 1.83. The van der Waals surface area contributed by atoms with E-state index in [9.17, 15) is 0 Å². The van der Waals surface area contributed by atoms with Gasteiger partial charge in [0.15, 0.2) is 0 Å². The van der Waals surface area contributed by atoms with E-state index in [4.69, 9.17) is 17.1 Å². The van der Waals surface area contributed by atoms with Crippen LogP contribution >= 0.6 is 0 Å². The summed E-state index contributed by atoms with van der Waals surface area (Å²) in [4.78, 5) is 0. The summed E-state index contributed by atoms with van der Waals surface area (Å²) in [6, 6.07) is 11.8. The Kier molecular flexibility index (Phi) is 9.34. The zero-order valence-corrected chi connectivity index (χ0v) is 22.8. The van der Waals surface area contributed by atoms with Crippen LogP contribution in [0.25, 0.3) is 0 Å². The van der Waals surface area contributed by atoms with Crippen molar-refractivity contribution in [1.82, 2.24) is 0 Å². The van der Waals surface area contributed by atoms with Crippen LogP contribution in [-0.2, 0) is 17.1 Å². The molecule has 0 bridgehead atoms. The predicted octanol–water partition coefficient (Wildman–Crippen LogP) is 5.11. The first-order valence-corrected chi connectivity index (χ1v) is 21.4. The average molecular weight is 445 g/mol. The highest BCUT2D eigenvalue weighted by Gasteiger charge is 2.45. The fourth-order valence-electron chi connectivity index (χ4n) is 3.74. The number of hydrogen-bond acceptors (Lipinski definition) is 4. The highest BCUT2D eigenvalue weighted by Crippen LogP contribution is 2.26. The molecule has 0 radical (unpaired) electrons. The van der Waals surface area contributed by atoms with Gasteiger partial charge in [-0.05, 0) is 64.0 Å². The van der Waals surface area contributed by atoms with Crippen LogP contribution in [0.2, 0.25) is 51.9 Å². The third-order valence-electron chi connectivity index (χ3n) is 4.25. The zero-order chi connectivity index (χ0) is 20.8. The second-order valence-electron chi connectivity index (χ2n) is 8.85. The highest BCUT2D eigenvalue weighted by atomic mass is 28.5. The van der Waals surface area contributed by atoms with Gasteiger partial charge >= 0.3 is 17.1 Å². The molecule has 0 saturated heterocycles. The molecule has 1 aromatic rings. The van der Waals surface area contributed by atoms with E-state index in [-0.39, 0.29) is 0 Å². The summed E-state index contributed by atoms with van der Waals surface area (Å²) >= 11 is 0. The molecule has 1 atom stereocenters. The van der Waals surface area contributed by atoms with Crippen LogP contribution in [0.15, 0.2) is 30.3 Å². The van der Waals surface area contributed by atoms with E-state index in [1.165, 1.54) is 5.19 Å². The third kappa shape index (κ3) is 8.86. The molecule has 1 aromatic carbocycles. The fraction of sp³-hybridized carbons (Fsp3) is 0.684. The minimum Gasteiger partial charge on any atom is -0.435 e. The van der Waals surface area contributed by atoms with Crippen LogP contribution in [0, 0.1) is 0 Å². The lowest BCUT2D eigenvalue weighted by molar-refractivity contribution is 0.176. The molecular formula is C19H40O4Si4. The monoisotopic (exact) mass is 444 g/mol. The van der Waals surface area contributed by atoms with Gasteiger partial charge in [0.05, 0.1) is 6.23 Å². The molecule has 0 spiro atoms. The molecule has 8 heteroatoms. The van der Waals surface area contributed by atoms with Crippen LogP contribution in [0.1, 0.15) is 20.3 Å². The molecule has 0 aliphatic rings. The molecule has 0 heterocycles. The smallest absolute Gasteiger partial charge is 0.312 e. The average Bonchev–Trinajstić information content (AvgIpc) is 2.51. The summed E-state index contributed by atoms with van der Waals surface area (Å²) in [5.74, 6) is 0. The normalized spacial score (nSPS) is 15.6. The lowest BCUT2D eigenvalue weighted by atomic mass is 10.4. The number of hydrogen-bond donors (Lipinski definition) is 0. The molecule has 4 nitrogen and oxygen atoms in total. The van der Waals surface area contributed by atoms with E-state index < -0.39 is 33.8 Å². The van der Waals surface area contributed by atoms with Crippen molar-refractivity contribution < 1.29 is 17.1 Å². The standard InChI is InChI=1S/C19H40O4Si4/c1-10-17-27(9,19-15-13-12-14-16-19)23-26(7,8)22-25(5,6)21-24(3,4)18-20-11-2/h12-16H,10-11,17-18H2,1-9H3. The Morgan fingerprint density at radius 2 is 1.30 bits per heavy atom. The van der Waals surface area contributed by atoms with E-state index in [1.807, 2.05) is 6.92 Å². The number of ether oxygens (including phenoxy) is 1. The Bertz CT molecular complexity index is 566. The second kappa shape index (κ2) is 10.1. The number of rotatable bonds is 12. The van der Waals surface area contributed by atoms with Gasteiger partial charge in [-0.25, -0.2) is 0 Å². The first-order valence-electron chi connectivity index (χ1n) is 10.1. The molecular weight excluding hydrogens is 405 g/mol.